The largest absolute Gasteiger partial charge is 0.468 e. The molecule has 1 aliphatic rings. The maximum atomic E-state index is 12.4. The maximum Gasteiger partial charge on any atom is 0.324 e. The van der Waals surface area contributed by atoms with Gasteiger partial charge in [-0.05, 0) is 18.6 Å². The smallest absolute Gasteiger partial charge is 0.324 e. The quantitative estimate of drug-likeness (QED) is 0.606. The minimum Gasteiger partial charge on any atom is -0.468 e. The molecule has 2 rings (SSSR count). The van der Waals surface area contributed by atoms with Gasteiger partial charge in [0.25, 0.3) is 0 Å². The van der Waals surface area contributed by atoms with Crippen LogP contribution in [0.5, 0.6) is 0 Å². The van der Waals surface area contributed by atoms with Gasteiger partial charge in [0.15, 0.2) is 5.41 Å². The summed E-state index contributed by atoms with van der Waals surface area (Å²) >= 11 is 0. The molecule has 0 spiro atoms. The van der Waals surface area contributed by atoms with Gasteiger partial charge in [-0.1, -0.05) is 18.2 Å². The van der Waals surface area contributed by atoms with Crippen molar-refractivity contribution in [3.05, 3.63) is 30.3 Å². The fourth-order valence-corrected chi connectivity index (χ4v) is 3.81. The minimum absolute atomic E-state index is 0.188. The molecule has 6 heteroatoms. The van der Waals surface area contributed by atoms with Crippen molar-refractivity contribution in [3.63, 3.8) is 0 Å². The summed E-state index contributed by atoms with van der Waals surface area (Å²) in [6.07, 6.45) is 0.188. The summed E-state index contributed by atoms with van der Waals surface area (Å²) in [6.45, 7) is 0. The molecule has 5 nitrogen and oxygen atoms in total. The zero-order valence-corrected chi connectivity index (χ0v) is 11.4. The van der Waals surface area contributed by atoms with Crippen LogP contribution in [0.25, 0.3) is 0 Å². The summed E-state index contributed by atoms with van der Waals surface area (Å²) in [5.74, 6) is -1.37. The van der Waals surface area contributed by atoms with E-state index in [2.05, 4.69) is 9.47 Å². The fraction of sp³-hybridized carbons (Fsp3) is 0.385. The Morgan fingerprint density at radius 1 is 1.16 bits per heavy atom. The second-order valence-corrected chi connectivity index (χ2v) is 5.89. The molecule has 0 bridgehead atoms. The summed E-state index contributed by atoms with van der Waals surface area (Å²) < 4.78 is 21.6. The number of hydrogen-bond acceptors (Lipinski definition) is 5. The van der Waals surface area contributed by atoms with Gasteiger partial charge < -0.3 is 9.47 Å². The molecule has 1 aromatic carbocycles. The van der Waals surface area contributed by atoms with Crippen molar-refractivity contribution in [1.29, 1.82) is 0 Å². The van der Waals surface area contributed by atoms with Crippen molar-refractivity contribution in [1.82, 2.24) is 0 Å². The van der Waals surface area contributed by atoms with Gasteiger partial charge in [-0.25, -0.2) is 0 Å². The van der Waals surface area contributed by atoms with Gasteiger partial charge in [0.2, 0.25) is 0 Å². The number of hydrogen-bond donors (Lipinski definition) is 0. The van der Waals surface area contributed by atoms with E-state index in [1.807, 2.05) is 6.07 Å². The van der Waals surface area contributed by atoms with Crippen LogP contribution >= 0.6 is 0 Å². The molecule has 1 saturated carbocycles. The second kappa shape index (κ2) is 5.13. The number of rotatable bonds is 4. The molecule has 102 valence electrons. The van der Waals surface area contributed by atoms with Crippen molar-refractivity contribution in [2.45, 2.75) is 16.6 Å². The highest BCUT2D eigenvalue weighted by Crippen LogP contribution is 2.52. The van der Waals surface area contributed by atoms with Crippen LogP contribution in [0.2, 0.25) is 0 Å². The first-order chi connectivity index (χ1) is 9.07. The molecule has 0 aromatic heterocycles. The van der Waals surface area contributed by atoms with Gasteiger partial charge in [-0.3, -0.25) is 13.8 Å². The second-order valence-electron chi connectivity index (χ2n) is 4.26. The van der Waals surface area contributed by atoms with Gasteiger partial charge >= 0.3 is 11.9 Å². The SMILES string of the molecule is COC(=O)C1(C(=O)OC)C[C@H]1[S@](=O)c1ccccc1. The maximum absolute atomic E-state index is 12.4. The van der Waals surface area contributed by atoms with Crippen molar-refractivity contribution >= 4 is 22.7 Å². The van der Waals surface area contributed by atoms with Crippen LogP contribution in [0.15, 0.2) is 35.2 Å². The molecule has 1 aliphatic carbocycles. The van der Waals surface area contributed by atoms with E-state index >= 15 is 0 Å². The summed E-state index contributed by atoms with van der Waals surface area (Å²) in [5.41, 5.74) is -1.41. The van der Waals surface area contributed by atoms with Gasteiger partial charge in [-0.2, -0.15) is 0 Å². The molecule has 0 N–H and O–H groups in total. The third kappa shape index (κ3) is 2.16. The molecule has 2 atom stereocenters. The molecular weight excluding hydrogens is 268 g/mol. The monoisotopic (exact) mass is 282 g/mol. The van der Waals surface area contributed by atoms with Crippen molar-refractivity contribution in [3.8, 4) is 0 Å². The zero-order chi connectivity index (χ0) is 14.0. The van der Waals surface area contributed by atoms with Gasteiger partial charge in [-0.15, -0.1) is 0 Å². The van der Waals surface area contributed by atoms with E-state index in [0.717, 1.165) is 0 Å². The molecule has 1 aromatic rings. The Labute approximate surface area is 113 Å². The molecule has 19 heavy (non-hydrogen) atoms. The average molecular weight is 282 g/mol. The number of carbonyl (C=O) groups excluding carboxylic acids is 2. The Morgan fingerprint density at radius 3 is 2.16 bits per heavy atom. The highest BCUT2D eigenvalue weighted by molar-refractivity contribution is 7.86. The number of methoxy groups -OCH3 is 2. The molecule has 1 fully saturated rings. The van der Waals surface area contributed by atoms with E-state index in [9.17, 15) is 13.8 Å². The predicted octanol–water partition coefficient (Wildman–Crippen LogP) is 0.899. The van der Waals surface area contributed by atoms with E-state index in [-0.39, 0.29) is 6.42 Å². The number of esters is 2. The predicted molar refractivity (Wildman–Crippen MR) is 67.7 cm³/mol. The third-order valence-electron chi connectivity index (χ3n) is 3.23. The van der Waals surface area contributed by atoms with Crippen molar-refractivity contribution < 1.29 is 23.3 Å². The highest BCUT2D eigenvalue weighted by Gasteiger charge is 2.70. The van der Waals surface area contributed by atoms with Gasteiger partial charge in [0, 0.05) is 4.90 Å². The average Bonchev–Trinajstić information content (AvgIpc) is 3.22. The Kier molecular flexibility index (Phi) is 3.71. The first-order valence-corrected chi connectivity index (χ1v) is 6.91. The molecular formula is C13H14O5S. The first kappa shape index (κ1) is 13.7. The van der Waals surface area contributed by atoms with Crippen LogP contribution in [-0.2, 0) is 29.9 Å². The van der Waals surface area contributed by atoms with E-state index in [4.69, 9.17) is 0 Å². The van der Waals surface area contributed by atoms with Gasteiger partial charge in [0.1, 0.15) is 0 Å². The Hall–Kier alpha value is -1.69. The van der Waals surface area contributed by atoms with E-state index < -0.39 is 33.4 Å². The molecule has 0 heterocycles. The lowest BCUT2D eigenvalue weighted by molar-refractivity contribution is -0.161. The lowest BCUT2D eigenvalue weighted by atomic mass is 10.1. The molecule has 0 aliphatic heterocycles. The lowest BCUT2D eigenvalue weighted by Gasteiger charge is -2.12. The number of ether oxygens (including phenoxy) is 2. The highest BCUT2D eigenvalue weighted by atomic mass is 32.2. The van der Waals surface area contributed by atoms with E-state index in [1.54, 1.807) is 24.3 Å². The van der Waals surface area contributed by atoms with Crippen LogP contribution in [-0.4, -0.2) is 35.6 Å². The van der Waals surface area contributed by atoms with Crippen LogP contribution in [0.4, 0.5) is 0 Å². The normalized spacial score (nSPS) is 21.3. The Balaban J connectivity index is 2.27. The van der Waals surface area contributed by atoms with Crippen LogP contribution < -0.4 is 0 Å². The standard InChI is InChI=1S/C13H14O5S/c1-17-11(14)13(12(15)18-2)8-10(13)19(16)9-6-4-3-5-7-9/h3-7,10H,8H2,1-2H3/t10-,19-/m1/s1. The summed E-state index contributed by atoms with van der Waals surface area (Å²) in [6, 6.07) is 8.73. The summed E-state index contributed by atoms with van der Waals surface area (Å²) in [7, 11) is 0.965. The summed E-state index contributed by atoms with van der Waals surface area (Å²) in [4.78, 5) is 24.2. The number of benzene rings is 1. The fourth-order valence-electron chi connectivity index (χ4n) is 2.09. The number of carbonyl (C=O) groups is 2. The van der Waals surface area contributed by atoms with E-state index in [1.165, 1.54) is 14.2 Å². The van der Waals surface area contributed by atoms with E-state index in [0.29, 0.717) is 4.90 Å². The molecule has 0 radical (unpaired) electrons. The van der Waals surface area contributed by atoms with Crippen LogP contribution in [0.1, 0.15) is 6.42 Å². The van der Waals surface area contributed by atoms with Crippen LogP contribution in [0, 0.1) is 5.41 Å². The first-order valence-electron chi connectivity index (χ1n) is 5.70. The Morgan fingerprint density at radius 2 is 1.68 bits per heavy atom. The van der Waals surface area contributed by atoms with Crippen molar-refractivity contribution in [2.24, 2.45) is 5.41 Å². The van der Waals surface area contributed by atoms with Crippen LogP contribution in [0.3, 0.4) is 0 Å². The van der Waals surface area contributed by atoms with Crippen molar-refractivity contribution in [2.75, 3.05) is 14.2 Å². The molecule has 0 unspecified atom stereocenters. The van der Waals surface area contributed by atoms with Gasteiger partial charge in [0.05, 0.1) is 30.3 Å². The lowest BCUT2D eigenvalue weighted by Crippen LogP contribution is -2.32. The minimum atomic E-state index is -1.44. The molecule has 0 amide bonds. The molecule has 0 saturated heterocycles. The zero-order valence-electron chi connectivity index (χ0n) is 10.6. The Bertz CT molecular complexity index is 509. The summed E-state index contributed by atoms with van der Waals surface area (Å²) in [5, 5.41) is -0.588. The topological polar surface area (TPSA) is 69.7 Å². The third-order valence-corrected chi connectivity index (χ3v) is 5.05.